The van der Waals surface area contributed by atoms with Gasteiger partial charge in [-0.25, -0.2) is 0 Å². The van der Waals surface area contributed by atoms with Gasteiger partial charge in [0.05, 0.1) is 18.8 Å². The lowest BCUT2D eigenvalue weighted by Crippen LogP contribution is -2.55. The summed E-state index contributed by atoms with van der Waals surface area (Å²) in [5.74, 6) is 1.04. The molecule has 120 valence electrons. The van der Waals surface area contributed by atoms with Gasteiger partial charge in [-0.05, 0) is 37.0 Å². The van der Waals surface area contributed by atoms with E-state index in [0.29, 0.717) is 13.0 Å². The molecule has 0 bridgehead atoms. The van der Waals surface area contributed by atoms with E-state index in [2.05, 4.69) is 0 Å². The standard InChI is InChI=1S/C18H25NO3/c1-13(20)19-12-11-18(21)10-4-3-5-16(18)17(19)14-6-8-15(22-2)9-7-14/h6-9,16-17,21H,3-5,10-12H2,1-2H3/t16-,17-,18-/m1/s1. The Morgan fingerprint density at radius 3 is 2.64 bits per heavy atom. The highest BCUT2D eigenvalue weighted by Gasteiger charge is 2.49. The van der Waals surface area contributed by atoms with Crippen LogP contribution in [-0.2, 0) is 4.79 Å². The van der Waals surface area contributed by atoms with E-state index in [0.717, 1.165) is 37.0 Å². The molecule has 1 amide bonds. The Kier molecular flexibility index (Phi) is 4.13. The fourth-order valence-electron chi connectivity index (χ4n) is 4.25. The van der Waals surface area contributed by atoms with E-state index in [4.69, 9.17) is 4.74 Å². The Morgan fingerprint density at radius 2 is 2.00 bits per heavy atom. The fourth-order valence-corrected chi connectivity index (χ4v) is 4.25. The lowest BCUT2D eigenvalue weighted by atomic mass is 9.66. The van der Waals surface area contributed by atoms with Gasteiger partial charge < -0.3 is 14.7 Å². The maximum Gasteiger partial charge on any atom is 0.219 e. The second kappa shape index (κ2) is 5.92. The van der Waals surface area contributed by atoms with E-state index in [1.807, 2.05) is 29.2 Å². The van der Waals surface area contributed by atoms with Crippen LogP contribution >= 0.6 is 0 Å². The molecule has 0 unspecified atom stereocenters. The first-order chi connectivity index (χ1) is 10.5. The van der Waals surface area contributed by atoms with Crippen LogP contribution in [0.15, 0.2) is 24.3 Å². The number of aliphatic hydroxyl groups is 1. The molecule has 1 aromatic carbocycles. The van der Waals surface area contributed by atoms with Crippen molar-refractivity contribution >= 4 is 5.91 Å². The molecule has 22 heavy (non-hydrogen) atoms. The van der Waals surface area contributed by atoms with Crippen LogP contribution in [0.2, 0.25) is 0 Å². The predicted molar refractivity (Wildman–Crippen MR) is 84.6 cm³/mol. The fraction of sp³-hybridized carbons (Fsp3) is 0.611. The van der Waals surface area contributed by atoms with Crippen LogP contribution in [0.4, 0.5) is 0 Å². The maximum atomic E-state index is 12.1. The third-order valence-corrected chi connectivity index (χ3v) is 5.43. The maximum absolute atomic E-state index is 12.1. The summed E-state index contributed by atoms with van der Waals surface area (Å²) >= 11 is 0. The first-order valence-electron chi connectivity index (χ1n) is 8.19. The zero-order chi connectivity index (χ0) is 15.7. The second-order valence-electron chi connectivity index (χ2n) is 6.64. The molecular formula is C18H25NO3. The molecule has 3 atom stereocenters. The van der Waals surface area contributed by atoms with Crippen LogP contribution in [0.1, 0.15) is 50.6 Å². The van der Waals surface area contributed by atoms with Crippen LogP contribution in [0.3, 0.4) is 0 Å². The lowest BCUT2D eigenvalue weighted by molar-refractivity contribution is -0.153. The number of hydrogen-bond acceptors (Lipinski definition) is 3. The summed E-state index contributed by atoms with van der Waals surface area (Å²) < 4.78 is 5.23. The van der Waals surface area contributed by atoms with Crippen molar-refractivity contribution in [1.29, 1.82) is 0 Å². The Morgan fingerprint density at radius 1 is 1.27 bits per heavy atom. The van der Waals surface area contributed by atoms with Crippen molar-refractivity contribution in [3.8, 4) is 5.75 Å². The first kappa shape index (κ1) is 15.3. The monoisotopic (exact) mass is 303 g/mol. The first-order valence-corrected chi connectivity index (χ1v) is 8.19. The summed E-state index contributed by atoms with van der Waals surface area (Å²) in [7, 11) is 1.65. The molecular weight excluding hydrogens is 278 g/mol. The number of fused-ring (bicyclic) bond motifs is 1. The van der Waals surface area contributed by atoms with Gasteiger partial charge in [-0.15, -0.1) is 0 Å². The average molecular weight is 303 g/mol. The summed E-state index contributed by atoms with van der Waals surface area (Å²) in [6.07, 6.45) is 4.75. The molecule has 1 N–H and O–H groups in total. The number of carbonyl (C=O) groups excluding carboxylic acids is 1. The Balaban J connectivity index is 1.98. The van der Waals surface area contributed by atoms with Gasteiger partial charge in [0, 0.05) is 19.4 Å². The van der Waals surface area contributed by atoms with Crippen LogP contribution < -0.4 is 4.74 Å². The quantitative estimate of drug-likeness (QED) is 0.914. The van der Waals surface area contributed by atoms with Gasteiger partial charge in [0.1, 0.15) is 5.75 Å². The van der Waals surface area contributed by atoms with Crippen LogP contribution in [0.5, 0.6) is 5.75 Å². The molecule has 1 heterocycles. The van der Waals surface area contributed by atoms with Crippen molar-refractivity contribution in [1.82, 2.24) is 4.90 Å². The molecule has 1 saturated heterocycles. The number of nitrogens with zero attached hydrogens (tertiary/aromatic N) is 1. The highest BCUT2D eigenvalue weighted by atomic mass is 16.5. The largest absolute Gasteiger partial charge is 0.497 e. The van der Waals surface area contributed by atoms with Gasteiger partial charge in [0.2, 0.25) is 5.91 Å². The summed E-state index contributed by atoms with van der Waals surface area (Å²) in [4.78, 5) is 14.0. The van der Waals surface area contributed by atoms with Crippen molar-refractivity contribution in [2.45, 2.75) is 50.7 Å². The highest BCUT2D eigenvalue weighted by molar-refractivity contribution is 5.74. The third-order valence-electron chi connectivity index (χ3n) is 5.43. The van der Waals surface area contributed by atoms with E-state index < -0.39 is 5.60 Å². The molecule has 4 nitrogen and oxygen atoms in total. The number of ether oxygens (including phenoxy) is 1. The van der Waals surface area contributed by atoms with E-state index in [1.54, 1.807) is 14.0 Å². The number of amides is 1. The minimum absolute atomic E-state index is 0.0255. The molecule has 1 aromatic rings. The SMILES string of the molecule is COc1ccc([C@@H]2[C@H]3CCCC[C@@]3(O)CCN2C(C)=O)cc1. The molecule has 2 aliphatic rings. The van der Waals surface area contributed by atoms with Crippen molar-refractivity contribution in [3.05, 3.63) is 29.8 Å². The summed E-state index contributed by atoms with van der Waals surface area (Å²) in [5.41, 5.74) is 0.482. The van der Waals surface area contributed by atoms with E-state index in [-0.39, 0.29) is 17.9 Å². The van der Waals surface area contributed by atoms with Crippen LogP contribution in [-0.4, -0.2) is 35.2 Å². The van der Waals surface area contributed by atoms with Gasteiger partial charge in [0.25, 0.3) is 0 Å². The van der Waals surface area contributed by atoms with Crippen molar-refractivity contribution in [2.75, 3.05) is 13.7 Å². The van der Waals surface area contributed by atoms with Crippen molar-refractivity contribution in [3.63, 3.8) is 0 Å². The average Bonchev–Trinajstić information content (AvgIpc) is 2.53. The summed E-state index contributed by atoms with van der Waals surface area (Å²) in [5, 5.41) is 11.1. The van der Waals surface area contributed by atoms with Gasteiger partial charge in [-0.2, -0.15) is 0 Å². The van der Waals surface area contributed by atoms with Crippen molar-refractivity contribution < 1.29 is 14.6 Å². The molecule has 0 aromatic heterocycles. The molecule has 2 fully saturated rings. The second-order valence-corrected chi connectivity index (χ2v) is 6.64. The summed E-state index contributed by atoms with van der Waals surface area (Å²) in [6, 6.07) is 7.90. The topological polar surface area (TPSA) is 49.8 Å². The van der Waals surface area contributed by atoms with E-state index in [1.165, 1.54) is 0 Å². The van der Waals surface area contributed by atoms with Gasteiger partial charge in [-0.3, -0.25) is 4.79 Å². The lowest BCUT2D eigenvalue weighted by Gasteiger charge is -2.52. The number of likely N-dealkylation sites (tertiary alicyclic amines) is 1. The molecule has 1 saturated carbocycles. The number of hydrogen-bond donors (Lipinski definition) is 1. The molecule has 0 radical (unpaired) electrons. The van der Waals surface area contributed by atoms with E-state index >= 15 is 0 Å². The van der Waals surface area contributed by atoms with Crippen LogP contribution in [0.25, 0.3) is 0 Å². The number of benzene rings is 1. The molecule has 3 rings (SSSR count). The van der Waals surface area contributed by atoms with Gasteiger partial charge >= 0.3 is 0 Å². The molecule has 0 spiro atoms. The third kappa shape index (κ3) is 2.60. The molecule has 1 aliphatic carbocycles. The molecule has 4 heteroatoms. The highest BCUT2D eigenvalue weighted by Crippen LogP contribution is 2.49. The van der Waals surface area contributed by atoms with Gasteiger partial charge in [0.15, 0.2) is 0 Å². The Bertz CT molecular complexity index is 542. The minimum atomic E-state index is -0.616. The number of rotatable bonds is 2. The summed E-state index contributed by atoms with van der Waals surface area (Å²) in [6.45, 7) is 2.27. The zero-order valence-corrected chi connectivity index (χ0v) is 13.4. The number of methoxy groups -OCH3 is 1. The zero-order valence-electron chi connectivity index (χ0n) is 13.4. The minimum Gasteiger partial charge on any atom is -0.497 e. The number of carbonyl (C=O) groups is 1. The smallest absolute Gasteiger partial charge is 0.219 e. The van der Waals surface area contributed by atoms with E-state index in [9.17, 15) is 9.90 Å². The molecule has 1 aliphatic heterocycles. The van der Waals surface area contributed by atoms with Crippen LogP contribution in [0, 0.1) is 5.92 Å². The van der Waals surface area contributed by atoms with Crippen molar-refractivity contribution in [2.24, 2.45) is 5.92 Å². The normalized spacial score (nSPS) is 31.5. The number of piperidine rings is 1. The Hall–Kier alpha value is -1.55. The predicted octanol–water partition coefficient (Wildman–Crippen LogP) is 2.91. The Labute approximate surface area is 132 Å². The van der Waals surface area contributed by atoms with Gasteiger partial charge in [-0.1, -0.05) is 25.0 Å².